The van der Waals surface area contributed by atoms with Crippen LogP contribution in [0.25, 0.3) is 21.9 Å². The van der Waals surface area contributed by atoms with E-state index in [4.69, 9.17) is 10.5 Å². The smallest absolute Gasteiger partial charge is 0.326 e. The number of aryl methyl sites for hydroxylation is 1. The largest absolute Gasteiger partial charge is 0.459 e. The summed E-state index contributed by atoms with van der Waals surface area (Å²) in [7, 11) is 0. The van der Waals surface area contributed by atoms with Gasteiger partial charge in [0.05, 0.1) is 10.9 Å². The minimum absolute atomic E-state index is 0.0805. The molecule has 23 heavy (non-hydrogen) atoms. The number of aromatic nitrogens is 3. The number of anilines is 1. The Morgan fingerprint density at radius 2 is 2.00 bits per heavy atom. The molecule has 2 heterocycles. The van der Waals surface area contributed by atoms with E-state index < -0.39 is 5.60 Å². The summed E-state index contributed by atoms with van der Waals surface area (Å²) in [6, 6.07) is 5.91. The predicted molar refractivity (Wildman–Crippen MR) is 90.0 cm³/mol. The molecule has 0 fully saturated rings. The summed E-state index contributed by atoms with van der Waals surface area (Å²) in [6.45, 7) is 7.63. The molecule has 1 aromatic carbocycles. The van der Waals surface area contributed by atoms with E-state index in [-0.39, 0.29) is 12.5 Å². The van der Waals surface area contributed by atoms with Gasteiger partial charge in [0, 0.05) is 5.39 Å². The maximum atomic E-state index is 12.3. The van der Waals surface area contributed by atoms with Crippen molar-refractivity contribution in [2.45, 2.75) is 39.8 Å². The van der Waals surface area contributed by atoms with Gasteiger partial charge in [0.25, 0.3) is 0 Å². The highest BCUT2D eigenvalue weighted by molar-refractivity contribution is 6.13. The molecule has 3 rings (SSSR count). The summed E-state index contributed by atoms with van der Waals surface area (Å²) in [5.41, 5.74) is 8.14. The minimum atomic E-state index is -0.528. The zero-order valence-electron chi connectivity index (χ0n) is 13.8. The Morgan fingerprint density at radius 1 is 1.26 bits per heavy atom. The summed E-state index contributed by atoms with van der Waals surface area (Å²) in [6.07, 6.45) is 1.41. The fourth-order valence-corrected chi connectivity index (χ4v) is 2.81. The van der Waals surface area contributed by atoms with E-state index in [0.29, 0.717) is 11.5 Å². The van der Waals surface area contributed by atoms with Gasteiger partial charge in [-0.25, -0.2) is 9.97 Å². The number of nitrogen functional groups attached to an aromatic ring is 1. The average molecular weight is 312 g/mol. The molecule has 2 N–H and O–H groups in total. The number of benzene rings is 1. The van der Waals surface area contributed by atoms with Crippen molar-refractivity contribution in [3.8, 4) is 0 Å². The Balaban J connectivity index is 2.21. The van der Waals surface area contributed by atoms with Crippen molar-refractivity contribution in [3.05, 3.63) is 30.1 Å². The fourth-order valence-electron chi connectivity index (χ4n) is 2.81. The number of hydrogen-bond donors (Lipinski definition) is 1. The van der Waals surface area contributed by atoms with E-state index in [1.54, 1.807) is 0 Å². The lowest BCUT2D eigenvalue weighted by Crippen LogP contribution is -2.26. The van der Waals surface area contributed by atoms with Gasteiger partial charge >= 0.3 is 5.97 Å². The van der Waals surface area contributed by atoms with Crippen LogP contribution in [0.1, 0.15) is 26.3 Å². The predicted octanol–water partition coefficient (Wildman–Crippen LogP) is 2.82. The topological polar surface area (TPSA) is 83.0 Å². The van der Waals surface area contributed by atoms with E-state index in [1.807, 2.05) is 50.5 Å². The molecule has 0 aliphatic rings. The number of ether oxygens (including phenoxy) is 1. The van der Waals surface area contributed by atoms with Gasteiger partial charge in [-0.1, -0.05) is 12.1 Å². The number of carbonyl (C=O) groups excluding carboxylic acids is 1. The quantitative estimate of drug-likeness (QED) is 0.736. The van der Waals surface area contributed by atoms with Gasteiger partial charge < -0.3 is 15.0 Å². The second kappa shape index (κ2) is 5.22. The van der Waals surface area contributed by atoms with Crippen LogP contribution in [0.15, 0.2) is 24.5 Å². The second-order valence-electron chi connectivity index (χ2n) is 6.60. The number of esters is 1. The van der Waals surface area contributed by atoms with Crippen LogP contribution in [0.4, 0.5) is 5.82 Å². The van der Waals surface area contributed by atoms with Crippen LogP contribution in [0.5, 0.6) is 0 Å². The second-order valence-corrected chi connectivity index (χ2v) is 6.60. The first-order valence-corrected chi connectivity index (χ1v) is 7.48. The number of fused-ring (bicyclic) bond motifs is 3. The molecule has 0 aliphatic carbocycles. The van der Waals surface area contributed by atoms with Crippen LogP contribution in [0.3, 0.4) is 0 Å². The van der Waals surface area contributed by atoms with Gasteiger partial charge in [-0.05, 0) is 39.3 Å². The lowest BCUT2D eigenvalue weighted by atomic mass is 10.1. The van der Waals surface area contributed by atoms with Crippen molar-refractivity contribution in [3.63, 3.8) is 0 Å². The molecule has 3 aromatic rings. The molecule has 6 heteroatoms. The monoisotopic (exact) mass is 312 g/mol. The Hall–Kier alpha value is -2.63. The molecule has 0 bridgehead atoms. The molecular weight excluding hydrogens is 292 g/mol. The molecule has 0 radical (unpaired) electrons. The lowest BCUT2D eigenvalue weighted by molar-refractivity contribution is -0.155. The van der Waals surface area contributed by atoms with E-state index in [9.17, 15) is 4.79 Å². The first kappa shape index (κ1) is 15.3. The molecule has 0 unspecified atom stereocenters. The summed E-state index contributed by atoms with van der Waals surface area (Å²) in [4.78, 5) is 20.7. The highest BCUT2D eigenvalue weighted by atomic mass is 16.6. The van der Waals surface area contributed by atoms with Gasteiger partial charge in [-0.2, -0.15) is 0 Å². The molecule has 0 aliphatic heterocycles. The van der Waals surface area contributed by atoms with E-state index in [2.05, 4.69) is 9.97 Å². The molecule has 0 amide bonds. The molecule has 2 aromatic heterocycles. The normalized spacial score (nSPS) is 12.0. The van der Waals surface area contributed by atoms with Crippen molar-refractivity contribution in [1.82, 2.24) is 14.5 Å². The first-order chi connectivity index (χ1) is 10.8. The Bertz CT molecular complexity index is 847. The number of hydrogen-bond acceptors (Lipinski definition) is 5. The SMILES string of the molecule is Cc1cccc2c1c1c(N)ncnc1n2CC(=O)OC(C)(C)C. The minimum Gasteiger partial charge on any atom is -0.459 e. The van der Waals surface area contributed by atoms with Crippen LogP contribution in [0.2, 0.25) is 0 Å². The molecule has 120 valence electrons. The third-order valence-corrected chi connectivity index (χ3v) is 3.61. The van der Waals surface area contributed by atoms with Crippen molar-refractivity contribution in [2.75, 3.05) is 5.73 Å². The van der Waals surface area contributed by atoms with Crippen LogP contribution in [0, 0.1) is 6.92 Å². The maximum absolute atomic E-state index is 12.3. The van der Waals surface area contributed by atoms with Crippen molar-refractivity contribution >= 4 is 33.7 Å². The number of nitrogens with zero attached hydrogens (tertiary/aromatic N) is 3. The van der Waals surface area contributed by atoms with E-state index >= 15 is 0 Å². The lowest BCUT2D eigenvalue weighted by Gasteiger charge is -2.20. The highest BCUT2D eigenvalue weighted by Gasteiger charge is 2.21. The van der Waals surface area contributed by atoms with Crippen LogP contribution in [-0.4, -0.2) is 26.1 Å². The van der Waals surface area contributed by atoms with Crippen molar-refractivity contribution in [1.29, 1.82) is 0 Å². The number of nitrogens with two attached hydrogens (primary N) is 1. The molecule has 6 nitrogen and oxygen atoms in total. The van der Waals surface area contributed by atoms with Crippen molar-refractivity contribution in [2.24, 2.45) is 0 Å². The van der Waals surface area contributed by atoms with E-state index in [1.165, 1.54) is 6.33 Å². The zero-order valence-corrected chi connectivity index (χ0v) is 13.8. The average Bonchev–Trinajstić information content (AvgIpc) is 2.74. The standard InChI is InChI=1S/C17H20N4O2/c1-10-6-5-7-11-13(10)14-15(18)19-9-20-16(14)21(11)8-12(22)23-17(2,3)4/h5-7,9H,8H2,1-4H3,(H2,18,19,20). The molecule has 0 atom stereocenters. The Morgan fingerprint density at radius 3 is 2.70 bits per heavy atom. The maximum Gasteiger partial charge on any atom is 0.326 e. The summed E-state index contributed by atoms with van der Waals surface area (Å²) >= 11 is 0. The summed E-state index contributed by atoms with van der Waals surface area (Å²) < 4.78 is 7.27. The van der Waals surface area contributed by atoms with Gasteiger partial charge in [-0.15, -0.1) is 0 Å². The highest BCUT2D eigenvalue weighted by Crippen LogP contribution is 2.32. The van der Waals surface area contributed by atoms with Gasteiger partial charge in [0.1, 0.15) is 29.9 Å². The number of carbonyl (C=O) groups is 1. The summed E-state index contributed by atoms with van der Waals surface area (Å²) in [5, 5.41) is 1.76. The van der Waals surface area contributed by atoms with Gasteiger partial charge in [0.15, 0.2) is 0 Å². The fraction of sp³-hybridized carbons (Fsp3) is 0.353. The van der Waals surface area contributed by atoms with E-state index in [0.717, 1.165) is 21.9 Å². The van der Waals surface area contributed by atoms with Crippen LogP contribution in [-0.2, 0) is 16.1 Å². The molecular formula is C17H20N4O2. The zero-order chi connectivity index (χ0) is 16.8. The third kappa shape index (κ3) is 2.72. The molecule has 0 spiro atoms. The first-order valence-electron chi connectivity index (χ1n) is 7.48. The van der Waals surface area contributed by atoms with Crippen molar-refractivity contribution < 1.29 is 9.53 Å². The Kier molecular flexibility index (Phi) is 3.47. The summed E-state index contributed by atoms with van der Waals surface area (Å²) in [5.74, 6) is 0.104. The third-order valence-electron chi connectivity index (χ3n) is 3.61. The van der Waals surface area contributed by atoms with Gasteiger partial charge in [-0.3, -0.25) is 4.79 Å². The number of rotatable bonds is 2. The van der Waals surface area contributed by atoms with Crippen LogP contribution < -0.4 is 5.73 Å². The molecule has 0 saturated heterocycles. The molecule has 0 saturated carbocycles. The Labute approximate surface area is 134 Å². The van der Waals surface area contributed by atoms with Gasteiger partial charge in [0.2, 0.25) is 0 Å². The van der Waals surface area contributed by atoms with Crippen LogP contribution >= 0.6 is 0 Å².